The highest BCUT2D eigenvalue weighted by Crippen LogP contribution is 2.17. The van der Waals surface area contributed by atoms with E-state index < -0.39 is 5.54 Å². The van der Waals surface area contributed by atoms with Gasteiger partial charge in [-0.3, -0.25) is 9.59 Å². The average molecular weight is 214 g/mol. The first-order valence-electron chi connectivity index (χ1n) is 5.16. The van der Waals surface area contributed by atoms with Gasteiger partial charge < -0.3 is 15.0 Å². The van der Waals surface area contributed by atoms with E-state index in [4.69, 9.17) is 4.74 Å². The van der Waals surface area contributed by atoms with Crippen molar-refractivity contribution < 1.29 is 14.3 Å². The highest BCUT2D eigenvalue weighted by molar-refractivity contribution is 5.92. The van der Waals surface area contributed by atoms with Crippen molar-refractivity contribution in [2.45, 2.75) is 26.3 Å². The Morgan fingerprint density at radius 1 is 1.60 bits per heavy atom. The van der Waals surface area contributed by atoms with E-state index in [-0.39, 0.29) is 18.4 Å². The zero-order chi connectivity index (χ0) is 11.5. The smallest absolute Gasteiger partial charge is 0.249 e. The van der Waals surface area contributed by atoms with E-state index in [2.05, 4.69) is 5.32 Å². The molecule has 0 aromatic carbocycles. The molecule has 0 unspecified atom stereocenters. The lowest BCUT2D eigenvalue weighted by atomic mass is 9.99. The minimum Gasteiger partial charge on any atom is -0.372 e. The van der Waals surface area contributed by atoms with Crippen LogP contribution in [0.2, 0.25) is 0 Å². The van der Waals surface area contributed by atoms with Gasteiger partial charge in [0.2, 0.25) is 11.8 Å². The summed E-state index contributed by atoms with van der Waals surface area (Å²) in [7, 11) is 0. The average Bonchev–Trinajstić information content (AvgIpc) is 2.18. The molecule has 1 aliphatic heterocycles. The number of piperazine rings is 1. The van der Waals surface area contributed by atoms with Gasteiger partial charge >= 0.3 is 0 Å². The van der Waals surface area contributed by atoms with Crippen LogP contribution in [0.3, 0.4) is 0 Å². The van der Waals surface area contributed by atoms with Gasteiger partial charge in [-0.2, -0.15) is 0 Å². The van der Waals surface area contributed by atoms with Crippen LogP contribution in [-0.4, -0.2) is 48.6 Å². The second-order valence-corrected chi connectivity index (χ2v) is 4.00. The SMILES string of the molecule is CCOCC(=O)N1CCNC(=O)C1(C)C. The summed E-state index contributed by atoms with van der Waals surface area (Å²) in [6.45, 7) is 6.93. The summed E-state index contributed by atoms with van der Waals surface area (Å²) < 4.78 is 5.05. The maximum absolute atomic E-state index is 11.7. The fourth-order valence-corrected chi connectivity index (χ4v) is 1.60. The molecule has 86 valence electrons. The number of ether oxygens (including phenoxy) is 1. The normalized spacial score (nSPS) is 19.9. The van der Waals surface area contributed by atoms with E-state index in [0.717, 1.165) is 0 Å². The molecule has 5 nitrogen and oxygen atoms in total. The summed E-state index contributed by atoms with van der Waals surface area (Å²) in [6.07, 6.45) is 0. The number of carbonyl (C=O) groups is 2. The minimum absolute atomic E-state index is 0.0488. The number of hydrogen-bond donors (Lipinski definition) is 1. The molecule has 2 amide bonds. The largest absolute Gasteiger partial charge is 0.372 e. The van der Waals surface area contributed by atoms with Gasteiger partial charge in [0.15, 0.2) is 0 Å². The minimum atomic E-state index is -0.771. The van der Waals surface area contributed by atoms with Crippen molar-refractivity contribution in [1.29, 1.82) is 0 Å². The van der Waals surface area contributed by atoms with E-state index >= 15 is 0 Å². The van der Waals surface area contributed by atoms with E-state index in [0.29, 0.717) is 19.7 Å². The molecule has 0 aromatic heterocycles. The molecule has 0 spiro atoms. The number of hydrogen-bond acceptors (Lipinski definition) is 3. The van der Waals surface area contributed by atoms with Crippen LogP contribution in [0.25, 0.3) is 0 Å². The van der Waals surface area contributed by atoms with Crippen LogP contribution in [-0.2, 0) is 14.3 Å². The molecule has 15 heavy (non-hydrogen) atoms. The van der Waals surface area contributed by atoms with E-state index in [9.17, 15) is 9.59 Å². The lowest BCUT2D eigenvalue weighted by Crippen LogP contribution is -2.64. The summed E-state index contributed by atoms with van der Waals surface area (Å²) in [5.74, 6) is -0.240. The lowest BCUT2D eigenvalue weighted by molar-refractivity contribution is -0.152. The van der Waals surface area contributed by atoms with Crippen LogP contribution in [0, 0.1) is 0 Å². The van der Waals surface area contributed by atoms with Crippen LogP contribution < -0.4 is 5.32 Å². The molecular weight excluding hydrogens is 196 g/mol. The maximum Gasteiger partial charge on any atom is 0.249 e. The summed E-state index contributed by atoms with van der Waals surface area (Å²) in [5, 5.41) is 2.74. The van der Waals surface area contributed by atoms with Crippen molar-refractivity contribution in [3.8, 4) is 0 Å². The second-order valence-electron chi connectivity index (χ2n) is 4.00. The molecule has 0 atom stereocenters. The van der Waals surface area contributed by atoms with Crippen LogP contribution >= 0.6 is 0 Å². The fraction of sp³-hybridized carbons (Fsp3) is 0.800. The van der Waals surface area contributed by atoms with Crippen molar-refractivity contribution >= 4 is 11.8 Å². The summed E-state index contributed by atoms with van der Waals surface area (Å²) in [6, 6.07) is 0. The van der Waals surface area contributed by atoms with Crippen molar-refractivity contribution in [1.82, 2.24) is 10.2 Å². The molecular formula is C10H18N2O3. The third kappa shape index (κ3) is 2.47. The third-order valence-corrected chi connectivity index (χ3v) is 2.58. The van der Waals surface area contributed by atoms with Crippen LogP contribution in [0.5, 0.6) is 0 Å². The summed E-state index contributed by atoms with van der Waals surface area (Å²) >= 11 is 0. The van der Waals surface area contributed by atoms with Gasteiger partial charge in [0.1, 0.15) is 12.1 Å². The van der Waals surface area contributed by atoms with Crippen LogP contribution in [0.1, 0.15) is 20.8 Å². The van der Waals surface area contributed by atoms with E-state index in [1.807, 2.05) is 6.92 Å². The van der Waals surface area contributed by atoms with Gasteiger partial charge in [0.25, 0.3) is 0 Å². The van der Waals surface area contributed by atoms with Gasteiger partial charge in [-0.05, 0) is 20.8 Å². The molecule has 0 aromatic rings. The highest BCUT2D eigenvalue weighted by Gasteiger charge is 2.40. The van der Waals surface area contributed by atoms with Crippen molar-refractivity contribution in [3.05, 3.63) is 0 Å². The molecule has 5 heteroatoms. The predicted octanol–water partition coefficient (Wildman–Crippen LogP) is -0.240. The molecule has 0 aliphatic carbocycles. The maximum atomic E-state index is 11.7. The first-order valence-corrected chi connectivity index (χ1v) is 5.16. The lowest BCUT2D eigenvalue weighted by Gasteiger charge is -2.41. The van der Waals surface area contributed by atoms with Crippen molar-refractivity contribution in [2.24, 2.45) is 0 Å². The zero-order valence-corrected chi connectivity index (χ0v) is 9.50. The molecule has 0 bridgehead atoms. The molecule has 1 fully saturated rings. The second kappa shape index (κ2) is 4.61. The molecule has 1 heterocycles. The Bertz CT molecular complexity index is 263. The highest BCUT2D eigenvalue weighted by atomic mass is 16.5. The van der Waals surface area contributed by atoms with Gasteiger partial charge in [-0.1, -0.05) is 0 Å². The zero-order valence-electron chi connectivity index (χ0n) is 9.50. The quantitative estimate of drug-likeness (QED) is 0.705. The van der Waals surface area contributed by atoms with Gasteiger partial charge in [0.05, 0.1) is 0 Å². The Morgan fingerprint density at radius 3 is 2.87 bits per heavy atom. The van der Waals surface area contributed by atoms with Crippen LogP contribution in [0.15, 0.2) is 0 Å². The van der Waals surface area contributed by atoms with E-state index in [1.165, 1.54) is 0 Å². The number of nitrogens with one attached hydrogen (secondary N) is 1. The number of amides is 2. The molecule has 0 radical (unpaired) electrons. The Balaban J connectivity index is 2.66. The summed E-state index contributed by atoms with van der Waals surface area (Å²) in [5.41, 5.74) is -0.771. The van der Waals surface area contributed by atoms with Gasteiger partial charge in [-0.25, -0.2) is 0 Å². The monoisotopic (exact) mass is 214 g/mol. The molecule has 1 aliphatic rings. The van der Waals surface area contributed by atoms with Gasteiger partial charge in [-0.15, -0.1) is 0 Å². The standard InChI is InChI=1S/C10H18N2O3/c1-4-15-7-8(13)12-6-5-11-9(14)10(12,2)3/h4-7H2,1-3H3,(H,11,14). The van der Waals surface area contributed by atoms with Crippen molar-refractivity contribution in [3.63, 3.8) is 0 Å². The predicted molar refractivity (Wildman–Crippen MR) is 55.3 cm³/mol. The number of rotatable bonds is 3. The Morgan fingerprint density at radius 2 is 2.27 bits per heavy atom. The fourth-order valence-electron chi connectivity index (χ4n) is 1.60. The Hall–Kier alpha value is -1.10. The van der Waals surface area contributed by atoms with Crippen molar-refractivity contribution in [2.75, 3.05) is 26.3 Å². The first-order chi connectivity index (χ1) is 7.00. The Kier molecular flexibility index (Phi) is 3.68. The first kappa shape index (κ1) is 12.0. The Labute approximate surface area is 89.8 Å². The molecule has 1 saturated heterocycles. The van der Waals surface area contributed by atoms with Gasteiger partial charge in [0, 0.05) is 19.7 Å². The molecule has 1 N–H and O–H groups in total. The van der Waals surface area contributed by atoms with E-state index in [1.54, 1.807) is 18.7 Å². The number of carbonyl (C=O) groups excluding carboxylic acids is 2. The topological polar surface area (TPSA) is 58.6 Å². The third-order valence-electron chi connectivity index (χ3n) is 2.58. The van der Waals surface area contributed by atoms with Crippen LogP contribution in [0.4, 0.5) is 0 Å². The molecule has 1 rings (SSSR count). The summed E-state index contributed by atoms with van der Waals surface area (Å²) in [4.78, 5) is 24.9. The number of nitrogens with zero attached hydrogens (tertiary/aromatic N) is 1. The molecule has 0 saturated carbocycles.